The number of aromatic amines is 1. The van der Waals surface area contributed by atoms with E-state index in [1.165, 1.54) is 16.4 Å². The Balaban J connectivity index is 2.38. The molecule has 0 spiro atoms. The molecule has 1 aromatic carbocycles. The van der Waals surface area contributed by atoms with Crippen LogP contribution in [0.2, 0.25) is 0 Å². The summed E-state index contributed by atoms with van der Waals surface area (Å²) >= 11 is 4.78. The molecular formula is C13H15BrN4O2S. The van der Waals surface area contributed by atoms with Crippen molar-refractivity contribution >= 4 is 27.7 Å². The third kappa shape index (κ3) is 4.05. The minimum absolute atomic E-state index is 0.440. The maximum Gasteiger partial charge on any atom is 0.339 e. The molecule has 0 fully saturated rings. The molecule has 6 nitrogen and oxygen atoms in total. The highest BCUT2D eigenvalue weighted by Gasteiger charge is 2.10. The Morgan fingerprint density at radius 2 is 2.19 bits per heavy atom. The Hall–Kier alpha value is -1.38. The standard InChI is InChI=1S/C13H15BrN4O2S/c1-3-15-7-8-4-5-9(14)6-10(8)21-13-16-11(19)12(20)17-18(13)2/h4-6,15H,3,7H2,1-2H3,(H,17,20). The van der Waals surface area contributed by atoms with Gasteiger partial charge in [0.2, 0.25) is 0 Å². The molecule has 0 aliphatic rings. The van der Waals surface area contributed by atoms with E-state index < -0.39 is 11.1 Å². The van der Waals surface area contributed by atoms with Crippen LogP contribution >= 0.6 is 27.7 Å². The first-order valence-corrected chi connectivity index (χ1v) is 7.96. The number of aromatic nitrogens is 3. The summed E-state index contributed by atoms with van der Waals surface area (Å²) in [4.78, 5) is 27.4. The molecule has 1 aromatic heterocycles. The molecular weight excluding hydrogens is 356 g/mol. The number of nitrogens with zero attached hydrogens (tertiary/aromatic N) is 2. The number of rotatable bonds is 5. The fourth-order valence-corrected chi connectivity index (χ4v) is 3.16. The van der Waals surface area contributed by atoms with Gasteiger partial charge in [0.05, 0.1) is 0 Å². The Bertz CT molecular complexity index is 757. The molecule has 21 heavy (non-hydrogen) atoms. The van der Waals surface area contributed by atoms with E-state index >= 15 is 0 Å². The van der Waals surface area contributed by atoms with Crippen LogP contribution in [0.4, 0.5) is 0 Å². The van der Waals surface area contributed by atoms with Gasteiger partial charge in [0.25, 0.3) is 0 Å². The second-order valence-electron chi connectivity index (χ2n) is 4.33. The maximum absolute atomic E-state index is 11.4. The first kappa shape index (κ1) is 16.0. The van der Waals surface area contributed by atoms with Gasteiger partial charge in [-0.3, -0.25) is 19.4 Å². The smallest absolute Gasteiger partial charge is 0.313 e. The number of benzene rings is 1. The maximum atomic E-state index is 11.4. The summed E-state index contributed by atoms with van der Waals surface area (Å²) in [6.45, 7) is 3.64. The fourth-order valence-electron chi connectivity index (χ4n) is 1.68. The van der Waals surface area contributed by atoms with Crippen molar-refractivity contribution in [1.29, 1.82) is 0 Å². The molecule has 0 aliphatic carbocycles. The number of hydrogen-bond acceptors (Lipinski definition) is 5. The van der Waals surface area contributed by atoms with E-state index in [-0.39, 0.29) is 0 Å². The van der Waals surface area contributed by atoms with Crippen LogP contribution in [0.25, 0.3) is 0 Å². The summed E-state index contributed by atoms with van der Waals surface area (Å²) in [7, 11) is 1.65. The topological polar surface area (TPSA) is 79.8 Å². The zero-order chi connectivity index (χ0) is 15.4. The van der Waals surface area contributed by atoms with E-state index in [2.05, 4.69) is 31.3 Å². The van der Waals surface area contributed by atoms with E-state index in [0.29, 0.717) is 5.16 Å². The summed E-state index contributed by atoms with van der Waals surface area (Å²) in [5.41, 5.74) is -0.395. The predicted octanol–water partition coefficient (Wildman–Crippen LogP) is 1.49. The molecule has 0 saturated heterocycles. The van der Waals surface area contributed by atoms with Gasteiger partial charge in [0, 0.05) is 23.0 Å². The van der Waals surface area contributed by atoms with Gasteiger partial charge in [0.15, 0.2) is 5.16 Å². The van der Waals surface area contributed by atoms with Crippen molar-refractivity contribution in [1.82, 2.24) is 20.1 Å². The Morgan fingerprint density at radius 1 is 1.43 bits per heavy atom. The second-order valence-corrected chi connectivity index (χ2v) is 6.26. The van der Waals surface area contributed by atoms with Crippen LogP contribution in [0.5, 0.6) is 0 Å². The average Bonchev–Trinajstić information content (AvgIpc) is 2.44. The zero-order valence-electron chi connectivity index (χ0n) is 11.6. The van der Waals surface area contributed by atoms with Crippen LogP contribution in [0.3, 0.4) is 0 Å². The second kappa shape index (κ2) is 7.06. The van der Waals surface area contributed by atoms with E-state index in [9.17, 15) is 9.59 Å². The van der Waals surface area contributed by atoms with Gasteiger partial charge in [-0.25, -0.2) is 0 Å². The number of aryl methyl sites for hydroxylation is 1. The normalized spacial score (nSPS) is 10.8. The molecule has 0 atom stereocenters. The lowest BCUT2D eigenvalue weighted by atomic mass is 10.2. The molecule has 0 unspecified atom stereocenters. The monoisotopic (exact) mass is 370 g/mol. The summed E-state index contributed by atoms with van der Waals surface area (Å²) in [6.07, 6.45) is 0. The molecule has 2 rings (SSSR count). The highest BCUT2D eigenvalue weighted by Crippen LogP contribution is 2.30. The van der Waals surface area contributed by atoms with Crippen molar-refractivity contribution in [2.45, 2.75) is 23.5 Å². The third-order valence-corrected chi connectivity index (χ3v) is 4.38. The van der Waals surface area contributed by atoms with Gasteiger partial charge in [0.1, 0.15) is 0 Å². The SMILES string of the molecule is CCNCc1ccc(Br)cc1Sc1nc(=O)c(=O)[nH]n1C. The van der Waals surface area contributed by atoms with E-state index in [0.717, 1.165) is 28.0 Å². The molecule has 0 saturated carbocycles. The number of H-pyrrole nitrogens is 1. The van der Waals surface area contributed by atoms with Crippen LogP contribution in [0.15, 0.2) is 42.3 Å². The van der Waals surface area contributed by atoms with Crippen molar-refractivity contribution in [2.24, 2.45) is 7.05 Å². The van der Waals surface area contributed by atoms with Crippen LogP contribution in [-0.2, 0) is 13.6 Å². The first-order valence-electron chi connectivity index (χ1n) is 6.35. The highest BCUT2D eigenvalue weighted by molar-refractivity contribution is 9.10. The predicted molar refractivity (Wildman–Crippen MR) is 85.7 cm³/mol. The van der Waals surface area contributed by atoms with Crippen molar-refractivity contribution in [3.8, 4) is 0 Å². The third-order valence-electron chi connectivity index (χ3n) is 2.74. The Kier molecular flexibility index (Phi) is 5.38. The highest BCUT2D eigenvalue weighted by atomic mass is 79.9. The minimum Gasteiger partial charge on any atom is -0.313 e. The van der Waals surface area contributed by atoms with Gasteiger partial charge in [-0.1, -0.05) is 28.9 Å². The van der Waals surface area contributed by atoms with Crippen LogP contribution in [-0.4, -0.2) is 21.3 Å². The van der Waals surface area contributed by atoms with Gasteiger partial charge < -0.3 is 5.32 Å². The number of hydrogen-bond donors (Lipinski definition) is 2. The van der Waals surface area contributed by atoms with Crippen LogP contribution in [0, 0.1) is 0 Å². The van der Waals surface area contributed by atoms with Gasteiger partial charge in [-0.2, -0.15) is 4.98 Å². The summed E-state index contributed by atoms with van der Waals surface area (Å²) in [5.74, 6) is 0. The lowest BCUT2D eigenvalue weighted by molar-refractivity contribution is 0.596. The van der Waals surface area contributed by atoms with E-state index in [1.54, 1.807) is 7.05 Å². The molecule has 8 heteroatoms. The van der Waals surface area contributed by atoms with Crippen molar-refractivity contribution in [2.75, 3.05) is 6.54 Å². The number of nitrogens with one attached hydrogen (secondary N) is 2. The molecule has 2 N–H and O–H groups in total. The van der Waals surface area contributed by atoms with Crippen LogP contribution < -0.4 is 16.4 Å². The van der Waals surface area contributed by atoms with Gasteiger partial charge in [-0.05, 0) is 36.0 Å². The van der Waals surface area contributed by atoms with Crippen molar-refractivity contribution in [3.05, 3.63) is 48.9 Å². The number of halogens is 1. The molecule has 1 heterocycles. The minimum atomic E-state index is -0.779. The summed E-state index contributed by atoms with van der Waals surface area (Å²) in [6, 6.07) is 5.95. The Labute approximate surface area is 134 Å². The molecule has 0 bridgehead atoms. The fraction of sp³-hybridized carbons (Fsp3) is 0.308. The van der Waals surface area contributed by atoms with E-state index in [4.69, 9.17) is 0 Å². The lowest BCUT2D eigenvalue weighted by Crippen LogP contribution is -2.33. The van der Waals surface area contributed by atoms with E-state index in [1.807, 2.05) is 25.1 Å². The summed E-state index contributed by atoms with van der Waals surface area (Å²) in [5, 5.41) is 6.15. The van der Waals surface area contributed by atoms with Crippen molar-refractivity contribution in [3.63, 3.8) is 0 Å². The largest absolute Gasteiger partial charge is 0.339 e. The lowest BCUT2D eigenvalue weighted by Gasteiger charge is -2.11. The van der Waals surface area contributed by atoms with Gasteiger partial charge >= 0.3 is 11.1 Å². The average molecular weight is 371 g/mol. The molecule has 0 radical (unpaired) electrons. The summed E-state index contributed by atoms with van der Waals surface area (Å²) < 4.78 is 2.39. The van der Waals surface area contributed by atoms with Gasteiger partial charge in [-0.15, -0.1) is 0 Å². The molecule has 0 amide bonds. The Morgan fingerprint density at radius 3 is 2.90 bits per heavy atom. The van der Waals surface area contributed by atoms with Crippen LogP contribution in [0.1, 0.15) is 12.5 Å². The first-order chi connectivity index (χ1) is 10.0. The quantitative estimate of drug-likeness (QED) is 0.779. The zero-order valence-corrected chi connectivity index (χ0v) is 14.0. The molecule has 2 aromatic rings. The molecule has 0 aliphatic heterocycles. The molecule has 112 valence electrons. The van der Waals surface area contributed by atoms with Crippen molar-refractivity contribution < 1.29 is 0 Å².